The number of thioether (sulfide) groups is 1. The molecule has 1 fully saturated rings. The number of benzene rings is 1. The van der Waals surface area contributed by atoms with Gasteiger partial charge in [0.2, 0.25) is 28.7 Å². The quantitative estimate of drug-likeness (QED) is 0.359. The highest BCUT2D eigenvalue weighted by Crippen LogP contribution is 2.15. The van der Waals surface area contributed by atoms with Crippen molar-refractivity contribution in [2.24, 2.45) is 0 Å². The van der Waals surface area contributed by atoms with Crippen LogP contribution in [0.4, 0.5) is 0 Å². The summed E-state index contributed by atoms with van der Waals surface area (Å²) in [5.41, 5.74) is 0.433. The molecule has 0 aromatic heterocycles. The fourth-order valence-electron chi connectivity index (χ4n) is 2.58. The lowest BCUT2D eigenvalue weighted by atomic mass is 10.2. The number of hydrogen-bond donors (Lipinski definition) is 3. The molecule has 3 N–H and O–H groups in total. The highest BCUT2D eigenvalue weighted by atomic mass is 32.2. The highest BCUT2D eigenvalue weighted by Gasteiger charge is 2.37. The lowest BCUT2D eigenvalue weighted by molar-refractivity contribution is -0.171. The van der Waals surface area contributed by atoms with Crippen molar-refractivity contribution in [3.63, 3.8) is 0 Å². The number of carboxylic acid groups (broad SMARTS) is 1. The first-order valence-electron chi connectivity index (χ1n) is 9.32. The second-order valence-electron chi connectivity index (χ2n) is 6.44. The van der Waals surface area contributed by atoms with Crippen LogP contribution in [0.5, 0.6) is 0 Å². The fraction of sp³-hybridized carbons (Fsp3) is 0.316. The molecule has 1 aliphatic heterocycles. The molecule has 2 rings (SSSR count). The van der Waals surface area contributed by atoms with Crippen molar-refractivity contribution in [3.05, 3.63) is 35.9 Å². The van der Waals surface area contributed by atoms with Gasteiger partial charge in [0.25, 0.3) is 5.91 Å². The van der Waals surface area contributed by atoms with Crippen LogP contribution in [0.1, 0.15) is 23.2 Å². The molecule has 0 unspecified atom stereocenters. The Morgan fingerprint density at radius 1 is 0.938 bits per heavy atom. The molecule has 170 valence electrons. The van der Waals surface area contributed by atoms with Crippen molar-refractivity contribution in [2.45, 2.75) is 12.8 Å². The van der Waals surface area contributed by atoms with E-state index in [0.29, 0.717) is 15.6 Å². The fourth-order valence-corrected chi connectivity index (χ4v) is 3.25. The van der Waals surface area contributed by atoms with Gasteiger partial charge in [-0.05, 0) is 0 Å². The van der Waals surface area contributed by atoms with E-state index in [0.717, 1.165) is 11.8 Å². The number of nitrogens with zero attached hydrogens (tertiary/aromatic N) is 2. The molecule has 1 heterocycles. The number of imide groups is 1. The van der Waals surface area contributed by atoms with Crippen molar-refractivity contribution in [1.29, 1.82) is 0 Å². The molecule has 0 aliphatic carbocycles. The second-order valence-corrected chi connectivity index (χ2v) is 7.39. The van der Waals surface area contributed by atoms with Gasteiger partial charge in [-0.25, -0.2) is 5.01 Å². The maximum Gasteiger partial charge on any atom is 0.325 e. The summed E-state index contributed by atoms with van der Waals surface area (Å²) in [5.74, 6) is -5.43. The van der Waals surface area contributed by atoms with E-state index in [9.17, 15) is 33.6 Å². The average Bonchev–Trinajstić information content (AvgIpc) is 3.10. The SMILES string of the molecule is O=C(O)CN(C(=O)CNC(=O)CNC(=O)CSC(=O)c1ccccc1)N1C(=O)CCC1=O. The molecule has 0 saturated carbocycles. The molecule has 5 amide bonds. The average molecular weight is 464 g/mol. The molecule has 12 nitrogen and oxygen atoms in total. The predicted molar refractivity (Wildman–Crippen MR) is 110 cm³/mol. The molecule has 0 radical (unpaired) electrons. The number of aliphatic carboxylic acids is 1. The van der Waals surface area contributed by atoms with Crippen LogP contribution in [-0.4, -0.2) is 81.1 Å². The van der Waals surface area contributed by atoms with Crippen LogP contribution in [0.25, 0.3) is 0 Å². The summed E-state index contributed by atoms with van der Waals surface area (Å²) < 4.78 is 0. The minimum absolute atomic E-state index is 0.147. The van der Waals surface area contributed by atoms with Crippen LogP contribution < -0.4 is 10.6 Å². The minimum Gasteiger partial charge on any atom is -0.480 e. The van der Waals surface area contributed by atoms with Gasteiger partial charge in [-0.1, -0.05) is 42.1 Å². The molecule has 0 spiro atoms. The van der Waals surface area contributed by atoms with Gasteiger partial charge in [0.1, 0.15) is 6.54 Å². The molecule has 1 saturated heterocycles. The summed E-state index contributed by atoms with van der Waals surface area (Å²) >= 11 is 0.763. The van der Waals surface area contributed by atoms with E-state index in [4.69, 9.17) is 5.11 Å². The van der Waals surface area contributed by atoms with Crippen LogP contribution in [0, 0.1) is 0 Å². The van der Waals surface area contributed by atoms with E-state index in [-0.39, 0.29) is 23.7 Å². The second kappa shape index (κ2) is 11.6. The van der Waals surface area contributed by atoms with E-state index >= 15 is 0 Å². The molecular formula is C19H20N4O8S. The highest BCUT2D eigenvalue weighted by molar-refractivity contribution is 8.14. The van der Waals surface area contributed by atoms with Crippen LogP contribution in [0.15, 0.2) is 30.3 Å². The van der Waals surface area contributed by atoms with E-state index < -0.39 is 55.1 Å². The van der Waals surface area contributed by atoms with Gasteiger partial charge in [0, 0.05) is 18.4 Å². The molecule has 0 atom stereocenters. The van der Waals surface area contributed by atoms with Gasteiger partial charge >= 0.3 is 5.97 Å². The Hall–Kier alpha value is -3.74. The van der Waals surface area contributed by atoms with Crippen LogP contribution in [0.3, 0.4) is 0 Å². The maximum atomic E-state index is 12.3. The first-order chi connectivity index (χ1) is 15.2. The van der Waals surface area contributed by atoms with Crippen molar-refractivity contribution in [3.8, 4) is 0 Å². The third kappa shape index (κ3) is 7.19. The smallest absolute Gasteiger partial charge is 0.325 e. The molecule has 1 aromatic rings. The van der Waals surface area contributed by atoms with Gasteiger partial charge in [0.15, 0.2) is 0 Å². The van der Waals surface area contributed by atoms with Crippen molar-refractivity contribution >= 4 is 52.4 Å². The van der Waals surface area contributed by atoms with Gasteiger partial charge in [-0.15, -0.1) is 0 Å². The summed E-state index contributed by atoms with van der Waals surface area (Å²) in [4.78, 5) is 82.5. The van der Waals surface area contributed by atoms with Gasteiger partial charge in [-0.3, -0.25) is 33.6 Å². The van der Waals surface area contributed by atoms with Crippen molar-refractivity contribution < 1.29 is 38.7 Å². The largest absolute Gasteiger partial charge is 0.480 e. The monoisotopic (exact) mass is 464 g/mol. The molecule has 32 heavy (non-hydrogen) atoms. The Labute approximate surface area is 186 Å². The number of carbonyl (C=O) groups is 7. The summed E-state index contributed by atoms with van der Waals surface area (Å²) in [6, 6.07) is 8.34. The number of carboxylic acids is 1. The van der Waals surface area contributed by atoms with Gasteiger partial charge in [0.05, 0.1) is 18.8 Å². The lowest BCUT2D eigenvalue weighted by Crippen LogP contribution is -2.54. The molecule has 1 aromatic carbocycles. The number of rotatable bonds is 10. The summed E-state index contributed by atoms with van der Waals surface area (Å²) in [6.07, 6.45) is -0.295. The number of carbonyl (C=O) groups excluding carboxylic acids is 6. The summed E-state index contributed by atoms with van der Waals surface area (Å²) in [6.45, 7) is -2.12. The number of hydrazine groups is 1. The topological polar surface area (TPSA) is 170 Å². The zero-order chi connectivity index (χ0) is 23.7. The number of nitrogens with one attached hydrogen (secondary N) is 2. The van der Waals surface area contributed by atoms with E-state index in [1.807, 2.05) is 0 Å². The number of hydrogen-bond acceptors (Lipinski definition) is 8. The molecule has 13 heteroatoms. The summed E-state index contributed by atoms with van der Waals surface area (Å²) in [5, 5.41) is 14.0. The Morgan fingerprint density at radius 2 is 1.53 bits per heavy atom. The van der Waals surface area contributed by atoms with E-state index in [2.05, 4.69) is 10.6 Å². The van der Waals surface area contributed by atoms with Gasteiger partial charge in [-0.2, -0.15) is 5.01 Å². The number of amides is 5. The van der Waals surface area contributed by atoms with Crippen molar-refractivity contribution in [1.82, 2.24) is 20.7 Å². The molecular weight excluding hydrogens is 444 g/mol. The van der Waals surface area contributed by atoms with E-state index in [1.165, 1.54) is 0 Å². The molecule has 0 bridgehead atoms. The maximum absolute atomic E-state index is 12.3. The Bertz CT molecular complexity index is 921. The van der Waals surface area contributed by atoms with E-state index in [1.54, 1.807) is 30.3 Å². The van der Waals surface area contributed by atoms with Crippen LogP contribution in [0.2, 0.25) is 0 Å². The summed E-state index contributed by atoms with van der Waals surface area (Å²) in [7, 11) is 0. The van der Waals surface area contributed by atoms with Crippen LogP contribution >= 0.6 is 11.8 Å². The zero-order valence-electron chi connectivity index (χ0n) is 16.7. The van der Waals surface area contributed by atoms with Gasteiger partial charge < -0.3 is 15.7 Å². The predicted octanol–water partition coefficient (Wildman–Crippen LogP) is -1.23. The lowest BCUT2D eigenvalue weighted by Gasteiger charge is -2.28. The standard InChI is InChI=1S/C19H20N4O8S/c24-13(8-20-14(25)11-32-19(31)12-4-2-1-3-5-12)21-9-17(28)22(10-18(29)30)23-15(26)6-7-16(23)27/h1-5H,6-11H2,(H,20,25)(H,21,24)(H,29,30). The third-order valence-corrected chi connectivity index (χ3v) is 4.97. The molecule has 1 aliphatic rings. The first kappa shape index (κ1) is 24.5. The minimum atomic E-state index is -1.45. The normalized spacial score (nSPS) is 12.9. The Morgan fingerprint density at radius 3 is 2.12 bits per heavy atom. The zero-order valence-corrected chi connectivity index (χ0v) is 17.6. The first-order valence-corrected chi connectivity index (χ1v) is 10.3. The Kier molecular flexibility index (Phi) is 8.89. The Balaban J connectivity index is 1.77. The van der Waals surface area contributed by atoms with Crippen LogP contribution in [-0.2, 0) is 28.8 Å². The third-order valence-electron chi connectivity index (χ3n) is 4.07. The van der Waals surface area contributed by atoms with Crippen molar-refractivity contribution in [2.75, 3.05) is 25.4 Å².